The Balaban J connectivity index is 2.87. The highest BCUT2D eigenvalue weighted by molar-refractivity contribution is 5.43. The third kappa shape index (κ3) is 2.43. The molecule has 5 unspecified atom stereocenters. The summed E-state index contributed by atoms with van der Waals surface area (Å²) in [6.45, 7) is 2.69. The molecule has 0 radical (unpaired) electrons. The zero-order valence-corrected chi connectivity index (χ0v) is 14.7. The largest absolute Gasteiger partial charge is 0.359 e. The van der Waals surface area contributed by atoms with E-state index in [4.69, 9.17) is 5.26 Å². The summed E-state index contributed by atoms with van der Waals surface area (Å²) in [5.41, 5.74) is -13.8. The number of fused-ring (bicyclic) bond motifs is 2. The third-order valence-electron chi connectivity index (χ3n) is 5.64. The molecule has 2 fully saturated rings. The van der Waals surface area contributed by atoms with Crippen molar-refractivity contribution in [2.24, 2.45) is 11.8 Å². The van der Waals surface area contributed by atoms with Crippen molar-refractivity contribution >= 4 is 0 Å². The van der Waals surface area contributed by atoms with Gasteiger partial charge in [0.15, 0.2) is 0 Å². The molecule has 0 aromatic heterocycles. The van der Waals surface area contributed by atoms with Crippen LogP contribution in [-0.2, 0) is 4.89 Å². The van der Waals surface area contributed by atoms with Crippen molar-refractivity contribution in [3.8, 4) is 0 Å². The van der Waals surface area contributed by atoms with E-state index >= 15 is 0 Å². The molecular formula is C15H9F15O2. The van der Waals surface area contributed by atoms with Crippen molar-refractivity contribution in [3.05, 3.63) is 24.6 Å². The van der Waals surface area contributed by atoms with E-state index in [0.29, 0.717) is 0 Å². The van der Waals surface area contributed by atoms with Crippen molar-refractivity contribution in [3.63, 3.8) is 0 Å². The molecule has 186 valence electrons. The lowest BCUT2D eigenvalue weighted by atomic mass is 9.70. The van der Waals surface area contributed by atoms with E-state index in [-0.39, 0.29) is 6.08 Å². The molecule has 2 saturated carbocycles. The average molecular weight is 506 g/mol. The smallest absolute Gasteiger partial charge is 0.252 e. The minimum absolute atomic E-state index is 0.139. The highest BCUT2D eigenvalue weighted by Crippen LogP contribution is 2.82. The summed E-state index contributed by atoms with van der Waals surface area (Å²) in [6.07, 6.45) is -9.78. The first-order valence-corrected chi connectivity index (χ1v) is 8.01. The maximum Gasteiger partial charge on any atom is 0.359 e. The molecule has 0 aliphatic heterocycles. The van der Waals surface area contributed by atoms with Gasteiger partial charge >= 0.3 is 41.4 Å². The van der Waals surface area contributed by atoms with Crippen LogP contribution in [0.4, 0.5) is 65.9 Å². The molecule has 0 heterocycles. The summed E-state index contributed by atoms with van der Waals surface area (Å²) in [5.74, 6) is -46.4. The molecule has 32 heavy (non-hydrogen) atoms. The van der Waals surface area contributed by atoms with Crippen LogP contribution < -0.4 is 0 Å². The molecule has 0 amide bonds. The molecule has 5 atom stereocenters. The van der Waals surface area contributed by atoms with E-state index < -0.39 is 77.2 Å². The second-order valence-corrected chi connectivity index (χ2v) is 7.09. The van der Waals surface area contributed by atoms with Gasteiger partial charge in [-0.05, 0) is 6.42 Å². The molecule has 2 bridgehead atoms. The van der Waals surface area contributed by atoms with Crippen LogP contribution in [0.5, 0.6) is 0 Å². The average Bonchev–Trinajstić information content (AvgIpc) is 2.79. The van der Waals surface area contributed by atoms with Crippen molar-refractivity contribution in [1.82, 2.24) is 0 Å². The maximum atomic E-state index is 14.9. The standard InChI is InChI=1S/C15H9F15O2/c1-2-3-4(9(19,20)7(16)8(17)18)5(32-31)6-10(21)13(25,26)12(24,11(6,22)23)15(29,30)14(10,27)28/h2,4-6,31H,1,3H2. The van der Waals surface area contributed by atoms with Crippen LogP contribution in [0, 0.1) is 11.8 Å². The summed E-state index contributed by atoms with van der Waals surface area (Å²) in [5, 5.41) is 8.70. The van der Waals surface area contributed by atoms with Crippen LogP contribution in [0.15, 0.2) is 24.6 Å². The van der Waals surface area contributed by atoms with Gasteiger partial charge < -0.3 is 0 Å². The molecule has 0 saturated heterocycles. The van der Waals surface area contributed by atoms with Gasteiger partial charge in [-0.25, -0.2) is 22.4 Å². The lowest BCUT2D eigenvalue weighted by molar-refractivity contribution is -0.394. The summed E-state index contributed by atoms with van der Waals surface area (Å²) < 4.78 is 208. The molecular weight excluding hydrogens is 497 g/mol. The van der Waals surface area contributed by atoms with Crippen LogP contribution in [0.1, 0.15) is 6.42 Å². The van der Waals surface area contributed by atoms with Gasteiger partial charge in [0.2, 0.25) is 5.83 Å². The Bertz CT molecular complexity index is 820. The van der Waals surface area contributed by atoms with Gasteiger partial charge in [-0.2, -0.15) is 48.3 Å². The van der Waals surface area contributed by atoms with Gasteiger partial charge in [-0.3, -0.25) is 5.26 Å². The van der Waals surface area contributed by atoms with Crippen molar-refractivity contribution in [2.75, 3.05) is 0 Å². The predicted octanol–water partition coefficient (Wildman–Crippen LogP) is 6.35. The van der Waals surface area contributed by atoms with E-state index in [1.54, 1.807) is 0 Å². The van der Waals surface area contributed by atoms with Crippen LogP contribution in [0.25, 0.3) is 0 Å². The highest BCUT2D eigenvalue weighted by atomic mass is 19.3. The number of rotatable bonds is 7. The third-order valence-corrected chi connectivity index (χ3v) is 5.64. The van der Waals surface area contributed by atoms with Gasteiger partial charge in [0.1, 0.15) is 12.0 Å². The van der Waals surface area contributed by atoms with Gasteiger partial charge in [-0.1, -0.05) is 6.08 Å². The first kappa shape index (κ1) is 26.6. The van der Waals surface area contributed by atoms with E-state index in [1.165, 1.54) is 0 Å². The number of alkyl halides is 12. The van der Waals surface area contributed by atoms with E-state index in [2.05, 4.69) is 11.5 Å². The minimum Gasteiger partial charge on any atom is -0.252 e. The molecule has 17 heteroatoms. The fraction of sp³-hybridized carbons (Fsp3) is 0.733. The molecule has 1 N–H and O–H groups in total. The monoisotopic (exact) mass is 506 g/mol. The lowest BCUT2D eigenvalue weighted by Crippen LogP contribution is -2.72. The number of halogens is 15. The maximum absolute atomic E-state index is 14.9. The Kier molecular flexibility index (Phi) is 5.76. The topological polar surface area (TPSA) is 29.5 Å². The van der Waals surface area contributed by atoms with E-state index in [1.807, 2.05) is 0 Å². The van der Waals surface area contributed by atoms with Gasteiger partial charge in [0, 0.05) is 0 Å². The SMILES string of the molecule is C=CCC(C(OO)C1C(F)(F)C2(F)C(F)(F)C(F)(F)C1(F)C2(F)F)C(F)(F)C(F)=C(F)F. The summed E-state index contributed by atoms with van der Waals surface area (Å²) >= 11 is 0. The fourth-order valence-electron chi connectivity index (χ4n) is 4.12. The first-order chi connectivity index (χ1) is 14.1. The lowest BCUT2D eigenvalue weighted by Gasteiger charge is -2.46. The van der Waals surface area contributed by atoms with Crippen LogP contribution in [-0.4, -0.2) is 52.3 Å². The van der Waals surface area contributed by atoms with Gasteiger partial charge in [0.25, 0.3) is 5.67 Å². The van der Waals surface area contributed by atoms with E-state index in [9.17, 15) is 65.9 Å². The quantitative estimate of drug-likeness (QED) is 0.189. The molecule has 0 aromatic rings. The highest BCUT2D eigenvalue weighted by Gasteiger charge is 3.12. The predicted molar refractivity (Wildman–Crippen MR) is 72.1 cm³/mol. The Morgan fingerprint density at radius 3 is 1.72 bits per heavy atom. The second-order valence-electron chi connectivity index (χ2n) is 7.09. The molecule has 2 rings (SSSR count). The summed E-state index contributed by atoms with van der Waals surface area (Å²) in [4.78, 5) is 2.96. The van der Waals surface area contributed by atoms with Gasteiger partial charge in [-0.15, -0.1) is 6.58 Å². The zero-order chi connectivity index (χ0) is 25.5. The molecule has 0 spiro atoms. The first-order valence-electron chi connectivity index (χ1n) is 8.01. The Morgan fingerprint density at radius 1 is 0.906 bits per heavy atom. The van der Waals surface area contributed by atoms with Crippen LogP contribution in [0.3, 0.4) is 0 Å². The van der Waals surface area contributed by atoms with Crippen LogP contribution >= 0.6 is 0 Å². The normalized spacial score (nSPS) is 35.9. The molecule has 2 aliphatic rings. The Morgan fingerprint density at radius 2 is 1.38 bits per heavy atom. The number of hydrogen-bond acceptors (Lipinski definition) is 2. The summed E-state index contributed by atoms with van der Waals surface area (Å²) in [7, 11) is 0. The van der Waals surface area contributed by atoms with Crippen LogP contribution in [0.2, 0.25) is 0 Å². The summed E-state index contributed by atoms with van der Waals surface area (Å²) in [6, 6.07) is 0. The molecule has 2 nitrogen and oxygen atoms in total. The Hall–Kier alpha value is -1.65. The number of hydrogen-bond donors (Lipinski definition) is 1. The van der Waals surface area contributed by atoms with Crippen molar-refractivity contribution in [2.45, 2.75) is 53.5 Å². The minimum atomic E-state index is -7.13. The number of allylic oxidation sites excluding steroid dienone is 2. The van der Waals surface area contributed by atoms with Crippen molar-refractivity contribution < 1.29 is 76.0 Å². The van der Waals surface area contributed by atoms with Crippen molar-refractivity contribution in [1.29, 1.82) is 0 Å². The van der Waals surface area contributed by atoms with Gasteiger partial charge in [0.05, 0.1) is 5.92 Å². The molecule has 2 aliphatic carbocycles. The second kappa shape index (κ2) is 6.93. The fourth-order valence-corrected chi connectivity index (χ4v) is 4.12. The Labute approximate surface area is 167 Å². The zero-order valence-electron chi connectivity index (χ0n) is 14.7. The van der Waals surface area contributed by atoms with E-state index in [0.717, 1.165) is 0 Å². The molecule has 0 aromatic carbocycles.